The smallest absolute Gasteiger partial charge is 0.377 e. The summed E-state index contributed by atoms with van der Waals surface area (Å²) in [6.45, 7) is 5.68. The van der Waals surface area contributed by atoms with E-state index >= 15 is 0 Å². The summed E-state index contributed by atoms with van der Waals surface area (Å²) >= 11 is 6.08. The molecule has 0 bridgehead atoms. The van der Waals surface area contributed by atoms with Gasteiger partial charge >= 0.3 is 6.18 Å². The van der Waals surface area contributed by atoms with Crippen molar-refractivity contribution >= 4 is 46.1 Å². The summed E-state index contributed by atoms with van der Waals surface area (Å²) in [6.07, 6.45) is -0.915. The van der Waals surface area contributed by atoms with Gasteiger partial charge in [-0.15, -0.1) is 5.10 Å². The monoisotopic (exact) mass is 626 g/mol. The Morgan fingerprint density at radius 1 is 1.16 bits per heavy atom. The van der Waals surface area contributed by atoms with Crippen LogP contribution in [-0.2, 0) is 33.5 Å². The maximum absolute atomic E-state index is 14.1. The second kappa shape index (κ2) is 12.5. The van der Waals surface area contributed by atoms with Crippen LogP contribution in [0.4, 0.5) is 24.5 Å². The lowest BCUT2D eigenvalue weighted by molar-refractivity contribution is -0.137. The lowest BCUT2D eigenvalue weighted by Gasteiger charge is -2.19. The summed E-state index contributed by atoms with van der Waals surface area (Å²) in [4.78, 5) is 44.3. The van der Waals surface area contributed by atoms with E-state index in [9.17, 15) is 27.6 Å². The quantitative estimate of drug-likeness (QED) is 0.254. The number of nitrogens with one attached hydrogen (secondary N) is 2. The average Bonchev–Trinajstić information content (AvgIpc) is 3.46. The number of nitrogens with zero attached hydrogens (tertiary/aromatic N) is 4. The van der Waals surface area contributed by atoms with Crippen molar-refractivity contribution in [3.8, 4) is 11.1 Å². The van der Waals surface area contributed by atoms with Crippen LogP contribution in [0.5, 0.6) is 0 Å². The number of carbonyl (C=O) groups excluding carboxylic acids is 2. The van der Waals surface area contributed by atoms with Gasteiger partial charge in [-0.05, 0) is 48.8 Å². The van der Waals surface area contributed by atoms with Gasteiger partial charge in [0.15, 0.2) is 5.82 Å². The molecule has 2 aromatic heterocycles. The highest BCUT2D eigenvalue weighted by Crippen LogP contribution is 2.34. The van der Waals surface area contributed by atoms with E-state index in [0.29, 0.717) is 36.6 Å². The highest BCUT2D eigenvalue weighted by atomic mass is 35.5. The number of aromatic nitrogens is 4. The SMILES string of the molecule is C=CC(=O)Nc1ccccc1-c1c(CC)n(CC(=O)Nc2ccc(C(F)(F)F)cc2Cl)c2nc(C3=CCOCC3)nn2c1=O. The van der Waals surface area contributed by atoms with Crippen molar-refractivity contribution in [2.75, 3.05) is 23.8 Å². The van der Waals surface area contributed by atoms with Crippen LogP contribution in [0.1, 0.15) is 30.4 Å². The third kappa shape index (κ3) is 6.15. The number of alkyl halides is 3. The van der Waals surface area contributed by atoms with Gasteiger partial charge < -0.3 is 19.9 Å². The van der Waals surface area contributed by atoms with Crippen LogP contribution in [0.25, 0.3) is 22.5 Å². The topological polar surface area (TPSA) is 120 Å². The molecule has 0 aliphatic carbocycles. The Morgan fingerprint density at radius 2 is 1.93 bits per heavy atom. The molecule has 5 rings (SSSR count). The zero-order valence-electron chi connectivity index (χ0n) is 23.4. The summed E-state index contributed by atoms with van der Waals surface area (Å²) in [5.41, 5.74) is 0.579. The molecule has 2 aromatic carbocycles. The number of para-hydroxylation sites is 1. The molecule has 0 atom stereocenters. The van der Waals surface area contributed by atoms with Crippen molar-refractivity contribution in [3.63, 3.8) is 0 Å². The number of hydrogen-bond acceptors (Lipinski definition) is 6. The molecule has 44 heavy (non-hydrogen) atoms. The van der Waals surface area contributed by atoms with Crippen molar-refractivity contribution in [1.82, 2.24) is 19.2 Å². The number of halogens is 4. The van der Waals surface area contributed by atoms with Gasteiger partial charge in [0.2, 0.25) is 17.6 Å². The molecule has 228 valence electrons. The van der Waals surface area contributed by atoms with Gasteiger partial charge in [0.25, 0.3) is 5.56 Å². The minimum atomic E-state index is -4.60. The van der Waals surface area contributed by atoms with E-state index in [-0.39, 0.29) is 34.3 Å². The number of anilines is 2. The molecule has 3 heterocycles. The number of fused-ring (bicyclic) bond motifs is 1. The van der Waals surface area contributed by atoms with E-state index in [2.05, 4.69) is 27.3 Å². The third-order valence-corrected chi connectivity index (χ3v) is 7.26. The first-order valence-corrected chi connectivity index (χ1v) is 13.9. The standard InChI is InChI=1S/C30H26ClF3N6O4/c1-3-23-26(19-7-5-6-8-21(19)35-24(41)4-2)28(43)40-29(37-27(38-40)17-11-13-44-14-12-17)39(23)16-25(42)36-22-10-9-18(15-20(22)31)30(32,33)34/h4-11,15H,2-3,12-14,16H2,1H3,(H,35,41)(H,36,42). The highest BCUT2D eigenvalue weighted by Gasteiger charge is 2.31. The molecule has 1 aliphatic rings. The molecule has 14 heteroatoms. The Labute approximate surface area is 253 Å². The van der Waals surface area contributed by atoms with Crippen molar-refractivity contribution in [2.24, 2.45) is 0 Å². The van der Waals surface area contributed by atoms with Crippen LogP contribution >= 0.6 is 11.6 Å². The fourth-order valence-electron chi connectivity index (χ4n) is 4.89. The van der Waals surface area contributed by atoms with Crippen LogP contribution in [0.3, 0.4) is 0 Å². The maximum atomic E-state index is 14.1. The van der Waals surface area contributed by atoms with E-state index in [1.165, 1.54) is 4.57 Å². The van der Waals surface area contributed by atoms with Gasteiger partial charge in [-0.25, -0.2) is 0 Å². The first-order valence-electron chi connectivity index (χ1n) is 13.5. The number of hydrogen-bond donors (Lipinski definition) is 2. The summed E-state index contributed by atoms with van der Waals surface area (Å²) < 4.78 is 47.4. The van der Waals surface area contributed by atoms with Crippen LogP contribution in [0.2, 0.25) is 5.02 Å². The van der Waals surface area contributed by atoms with E-state index < -0.39 is 35.7 Å². The van der Waals surface area contributed by atoms with Crippen molar-refractivity contribution in [3.05, 3.63) is 93.7 Å². The molecule has 2 amide bonds. The highest BCUT2D eigenvalue weighted by molar-refractivity contribution is 6.33. The molecule has 4 aromatic rings. The lowest BCUT2D eigenvalue weighted by Crippen LogP contribution is -2.29. The molecule has 0 fully saturated rings. The van der Waals surface area contributed by atoms with E-state index in [4.69, 9.17) is 16.3 Å². The van der Waals surface area contributed by atoms with Gasteiger partial charge in [-0.3, -0.25) is 14.4 Å². The van der Waals surface area contributed by atoms with Crippen LogP contribution in [0, 0.1) is 0 Å². The molecular weight excluding hydrogens is 601 g/mol. The Kier molecular flexibility index (Phi) is 8.70. The van der Waals surface area contributed by atoms with Crippen molar-refractivity contribution < 1.29 is 27.5 Å². The van der Waals surface area contributed by atoms with Crippen LogP contribution < -0.4 is 16.2 Å². The Hall–Kier alpha value is -4.75. The van der Waals surface area contributed by atoms with E-state index in [1.807, 2.05) is 6.08 Å². The lowest BCUT2D eigenvalue weighted by atomic mass is 10.0. The second-order valence-electron chi connectivity index (χ2n) is 9.75. The first-order chi connectivity index (χ1) is 21.0. The van der Waals surface area contributed by atoms with Gasteiger partial charge in [0.05, 0.1) is 35.1 Å². The third-order valence-electron chi connectivity index (χ3n) is 6.95. The number of rotatable bonds is 8. The molecular formula is C30H26ClF3N6O4. The van der Waals surface area contributed by atoms with Crippen molar-refractivity contribution in [1.29, 1.82) is 0 Å². The fraction of sp³-hybridized carbons (Fsp3) is 0.233. The molecule has 0 spiro atoms. The Bertz CT molecular complexity index is 1880. The molecule has 0 radical (unpaired) electrons. The Balaban J connectivity index is 1.66. The normalized spacial score (nSPS) is 13.4. The van der Waals surface area contributed by atoms with Gasteiger partial charge in [-0.1, -0.05) is 49.4 Å². The minimum Gasteiger partial charge on any atom is -0.377 e. The predicted molar refractivity (Wildman–Crippen MR) is 159 cm³/mol. The first kappa shape index (κ1) is 30.7. The summed E-state index contributed by atoms with van der Waals surface area (Å²) in [7, 11) is 0. The Morgan fingerprint density at radius 3 is 2.59 bits per heavy atom. The summed E-state index contributed by atoms with van der Waals surface area (Å²) in [5.74, 6) is -0.753. The minimum absolute atomic E-state index is 0.0213. The fourth-order valence-corrected chi connectivity index (χ4v) is 5.12. The van der Waals surface area contributed by atoms with Gasteiger partial charge in [0, 0.05) is 16.9 Å². The zero-order chi connectivity index (χ0) is 31.6. The predicted octanol–water partition coefficient (Wildman–Crippen LogP) is 5.36. The van der Waals surface area contributed by atoms with E-state index in [0.717, 1.165) is 34.4 Å². The molecule has 0 saturated heterocycles. The molecule has 0 saturated carbocycles. The number of benzene rings is 2. The summed E-state index contributed by atoms with van der Waals surface area (Å²) in [5, 5.41) is 9.46. The van der Waals surface area contributed by atoms with Crippen molar-refractivity contribution in [2.45, 2.75) is 32.5 Å². The van der Waals surface area contributed by atoms with E-state index in [1.54, 1.807) is 31.2 Å². The number of ether oxygens (including phenoxy) is 1. The van der Waals surface area contributed by atoms with Gasteiger partial charge in [0.1, 0.15) is 6.54 Å². The number of carbonyl (C=O) groups is 2. The van der Waals surface area contributed by atoms with Crippen LogP contribution in [0.15, 0.2) is 66.0 Å². The molecule has 10 nitrogen and oxygen atoms in total. The van der Waals surface area contributed by atoms with Gasteiger partial charge in [-0.2, -0.15) is 22.7 Å². The number of amides is 2. The largest absolute Gasteiger partial charge is 0.416 e. The molecule has 2 N–H and O–H groups in total. The maximum Gasteiger partial charge on any atom is 0.416 e. The molecule has 1 aliphatic heterocycles. The molecule has 0 unspecified atom stereocenters. The van der Waals surface area contributed by atoms with Crippen LogP contribution in [-0.4, -0.2) is 44.2 Å². The summed E-state index contributed by atoms with van der Waals surface area (Å²) in [6, 6.07) is 9.29. The second-order valence-corrected chi connectivity index (χ2v) is 10.2. The zero-order valence-corrected chi connectivity index (χ0v) is 24.1. The average molecular weight is 627 g/mol.